The van der Waals surface area contributed by atoms with E-state index in [-0.39, 0.29) is 23.8 Å². The monoisotopic (exact) mass is 266 g/mol. The van der Waals surface area contributed by atoms with E-state index in [4.69, 9.17) is 10.5 Å². The second-order valence-corrected chi connectivity index (χ2v) is 3.86. The molecule has 0 saturated heterocycles. The second kappa shape index (κ2) is 6.58. The molecule has 0 aliphatic rings. The molecule has 1 rings (SSSR count). The molecule has 0 aliphatic heterocycles. The van der Waals surface area contributed by atoms with Crippen LogP contribution in [-0.2, 0) is 9.53 Å². The standard InChI is InChI=1S/C12H18N4O3/c1-4-19-12(18)8-5-10(15-6-9(8)13)16-7(2)11(17)14-3/h5-7H,4,13H2,1-3H3,(H,14,17)(H,15,16). The number of nitrogens with two attached hydrogens (primary N) is 1. The van der Waals surface area contributed by atoms with Crippen LogP contribution in [0.15, 0.2) is 12.3 Å². The van der Waals surface area contributed by atoms with E-state index in [2.05, 4.69) is 15.6 Å². The van der Waals surface area contributed by atoms with E-state index in [1.165, 1.54) is 12.3 Å². The van der Waals surface area contributed by atoms with Gasteiger partial charge in [-0.15, -0.1) is 0 Å². The first-order valence-electron chi connectivity index (χ1n) is 5.90. The van der Waals surface area contributed by atoms with Crippen molar-refractivity contribution in [3.8, 4) is 0 Å². The van der Waals surface area contributed by atoms with Crippen LogP contribution in [0.25, 0.3) is 0 Å². The van der Waals surface area contributed by atoms with E-state index in [1.807, 2.05) is 0 Å². The van der Waals surface area contributed by atoms with Crippen molar-refractivity contribution in [2.24, 2.45) is 0 Å². The van der Waals surface area contributed by atoms with E-state index in [9.17, 15) is 9.59 Å². The molecule has 1 unspecified atom stereocenters. The normalized spacial score (nSPS) is 11.5. The zero-order chi connectivity index (χ0) is 14.4. The summed E-state index contributed by atoms with van der Waals surface area (Å²) in [6.45, 7) is 3.65. The summed E-state index contributed by atoms with van der Waals surface area (Å²) >= 11 is 0. The molecule has 0 saturated carbocycles. The molecular formula is C12H18N4O3. The Kier molecular flexibility index (Phi) is 5.11. The number of hydrogen-bond acceptors (Lipinski definition) is 6. The number of nitrogens with zero attached hydrogens (tertiary/aromatic N) is 1. The third kappa shape index (κ3) is 3.84. The topological polar surface area (TPSA) is 106 Å². The van der Waals surface area contributed by atoms with Crippen molar-refractivity contribution in [2.75, 3.05) is 24.7 Å². The highest BCUT2D eigenvalue weighted by molar-refractivity contribution is 5.95. The number of amides is 1. The number of hydrogen-bond donors (Lipinski definition) is 3. The summed E-state index contributed by atoms with van der Waals surface area (Å²) in [5, 5.41) is 5.38. The quantitative estimate of drug-likeness (QED) is 0.665. The molecule has 0 fully saturated rings. The molecule has 1 aromatic rings. The number of carbonyl (C=O) groups excluding carboxylic acids is 2. The lowest BCUT2D eigenvalue weighted by molar-refractivity contribution is -0.121. The molecule has 1 heterocycles. The summed E-state index contributed by atoms with van der Waals surface area (Å²) in [5.41, 5.74) is 6.13. The Balaban J connectivity index is 2.90. The summed E-state index contributed by atoms with van der Waals surface area (Å²) in [6, 6.07) is 0.989. The lowest BCUT2D eigenvalue weighted by Crippen LogP contribution is -2.35. The lowest BCUT2D eigenvalue weighted by atomic mass is 10.2. The predicted molar refractivity (Wildman–Crippen MR) is 71.8 cm³/mol. The SMILES string of the molecule is CCOC(=O)c1cc(NC(C)C(=O)NC)ncc1N. The van der Waals surface area contributed by atoms with E-state index < -0.39 is 12.0 Å². The van der Waals surface area contributed by atoms with Crippen molar-refractivity contribution in [1.82, 2.24) is 10.3 Å². The molecule has 0 bridgehead atoms. The van der Waals surface area contributed by atoms with Crippen LogP contribution in [0.3, 0.4) is 0 Å². The van der Waals surface area contributed by atoms with Crippen molar-refractivity contribution in [3.63, 3.8) is 0 Å². The first-order valence-corrected chi connectivity index (χ1v) is 5.90. The number of ether oxygens (including phenoxy) is 1. The molecule has 7 heteroatoms. The van der Waals surface area contributed by atoms with Crippen molar-refractivity contribution in [1.29, 1.82) is 0 Å². The molecule has 0 spiro atoms. The fraction of sp³-hybridized carbons (Fsp3) is 0.417. The van der Waals surface area contributed by atoms with Crippen LogP contribution in [0, 0.1) is 0 Å². The maximum Gasteiger partial charge on any atom is 0.340 e. The summed E-state index contributed by atoms with van der Waals surface area (Å²) in [7, 11) is 1.54. The van der Waals surface area contributed by atoms with E-state index in [1.54, 1.807) is 20.9 Å². The zero-order valence-corrected chi connectivity index (χ0v) is 11.2. The number of aromatic nitrogens is 1. The van der Waals surface area contributed by atoms with E-state index >= 15 is 0 Å². The number of anilines is 2. The van der Waals surface area contributed by atoms with Crippen molar-refractivity contribution < 1.29 is 14.3 Å². The first-order chi connectivity index (χ1) is 8.99. The van der Waals surface area contributed by atoms with Gasteiger partial charge in [0.15, 0.2) is 0 Å². The minimum absolute atomic E-state index is 0.184. The van der Waals surface area contributed by atoms with Crippen molar-refractivity contribution in [2.45, 2.75) is 19.9 Å². The molecule has 0 radical (unpaired) electrons. The van der Waals surface area contributed by atoms with Gasteiger partial charge in [0.05, 0.1) is 24.1 Å². The highest BCUT2D eigenvalue weighted by Gasteiger charge is 2.15. The van der Waals surface area contributed by atoms with Gasteiger partial charge in [0.1, 0.15) is 11.9 Å². The van der Waals surface area contributed by atoms with Gasteiger partial charge in [-0.25, -0.2) is 9.78 Å². The molecule has 4 N–H and O–H groups in total. The highest BCUT2D eigenvalue weighted by Crippen LogP contribution is 2.16. The van der Waals surface area contributed by atoms with Gasteiger partial charge in [-0.2, -0.15) is 0 Å². The maximum absolute atomic E-state index is 11.7. The molecule has 1 atom stereocenters. The van der Waals surface area contributed by atoms with Crippen molar-refractivity contribution in [3.05, 3.63) is 17.8 Å². The lowest BCUT2D eigenvalue weighted by Gasteiger charge is -2.14. The Morgan fingerprint density at radius 3 is 2.79 bits per heavy atom. The smallest absolute Gasteiger partial charge is 0.340 e. The summed E-state index contributed by atoms with van der Waals surface area (Å²) in [5.74, 6) is -0.317. The van der Waals surface area contributed by atoms with Gasteiger partial charge in [0.25, 0.3) is 0 Å². The molecule has 0 aliphatic carbocycles. The third-order valence-electron chi connectivity index (χ3n) is 2.43. The Hall–Kier alpha value is -2.31. The molecular weight excluding hydrogens is 248 g/mol. The van der Waals surface area contributed by atoms with Crippen LogP contribution in [0.2, 0.25) is 0 Å². The Bertz CT molecular complexity index is 476. The van der Waals surface area contributed by atoms with Gasteiger partial charge >= 0.3 is 5.97 Å². The number of carbonyl (C=O) groups is 2. The fourth-order valence-corrected chi connectivity index (χ4v) is 1.43. The summed E-state index contributed by atoms with van der Waals surface area (Å²) in [4.78, 5) is 27.1. The Morgan fingerprint density at radius 1 is 1.53 bits per heavy atom. The average molecular weight is 266 g/mol. The van der Waals surface area contributed by atoms with Crippen molar-refractivity contribution >= 4 is 23.4 Å². The van der Waals surface area contributed by atoms with Gasteiger partial charge in [0.2, 0.25) is 5.91 Å². The predicted octanol–water partition coefficient (Wildman–Crippen LogP) is 0.387. The largest absolute Gasteiger partial charge is 0.462 e. The van der Waals surface area contributed by atoms with Crippen LogP contribution < -0.4 is 16.4 Å². The fourth-order valence-electron chi connectivity index (χ4n) is 1.43. The number of nitrogen functional groups attached to an aromatic ring is 1. The molecule has 19 heavy (non-hydrogen) atoms. The molecule has 1 aromatic heterocycles. The number of likely N-dealkylation sites (N-methyl/N-ethyl adjacent to an activating group) is 1. The number of rotatable bonds is 5. The number of nitrogens with one attached hydrogen (secondary N) is 2. The van der Waals surface area contributed by atoms with Crippen LogP contribution >= 0.6 is 0 Å². The first kappa shape index (κ1) is 14.7. The van der Waals surface area contributed by atoms with Crippen LogP contribution in [0.4, 0.5) is 11.5 Å². The van der Waals surface area contributed by atoms with Crippen LogP contribution in [0.1, 0.15) is 24.2 Å². The van der Waals surface area contributed by atoms with Gasteiger partial charge in [-0.05, 0) is 19.9 Å². The molecule has 0 aromatic carbocycles. The minimum atomic E-state index is -0.516. The average Bonchev–Trinajstić information content (AvgIpc) is 2.40. The molecule has 7 nitrogen and oxygen atoms in total. The Labute approximate surface area is 111 Å². The minimum Gasteiger partial charge on any atom is -0.462 e. The van der Waals surface area contributed by atoms with Gasteiger partial charge in [-0.3, -0.25) is 4.79 Å². The van der Waals surface area contributed by atoms with E-state index in [0.717, 1.165) is 0 Å². The van der Waals surface area contributed by atoms with E-state index in [0.29, 0.717) is 5.82 Å². The summed E-state index contributed by atoms with van der Waals surface area (Å²) in [6.07, 6.45) is 1.35. The number of esters is 1. The van der Waals surface area contributed by atoms with Gasteiger partial charge in [-0.1, -0.05) is 0 Å². The van der Waals surface area contributed by atoms with Gasteiger partial charge < -0.3 is 21.1 Å². The third-order valence-corrected chi connectivity index (χ3v) is 2.43. The van der Waals surface area contributed by atoms with Gasteiger partial charge in [0, 0.05) is 7.05 Å². The molecule has 104 valence electrons. The summed E-state index contributed by atoms with van der Waals surface area (Å²) < 4.78 is 4.88. The van der Waals surface area contributed by atoms with Crippen LogP contribution in [0.5, 0.6) is 0 Å². The zero-order valence-electron chi connectivity index (χ0n) is 11.2. The second-order valence-electron chi connectivity index (χ2n) is 3.86. The van der Waals surface area contributed by atoms with Crippen LogP contribution in [-0.4, -0.2) is 36.6 Å². The maximum atomic E-state index is 11.7. The number of pyridine rings is 1. The highest BCUT2D eigenvalue weighted by atomic mass is 16.5. The molecule has 1 amide bonds. The Morgan fingerprint density at radius 2 is 2.21 bits per heavy atom.